The van der Waals surface area contributed by atoms with Gasteiger partial charge in [0.15, 0.2) is 11.6 Å². The second-order valence-electron chi connectivity index (χ2n) is 11.1. The van der Waals surface area contributed by atoms with E-state index in [4.69, 9.17) is 25.0 Å². The number of hydrogen-bond donors (Lipinski definition) is 0. The lowest BCUT2D eigenvalue weighted by Gasteiger charge is -2.23. The normalized spacial score (nSPS) is 15.8. The molecule has 0 N–H and O–H groups in total. The van der Waals surface area contributed by atoms with Crippen LogP contribution < -0.4 is 0 Å². The van der Waals surface area contributed by atoms with E-state index in [1.54, 1.807) is 0 Å². The molecule has 170 valence electrons. The second-order valence-corrected chi connectivity index (χ2v) is 11.1. The summed E-state index contributed by atoms with van der Waals surface area (Å²) in [6.07, 6.45) is 6.19. The predicted octanol–water partition coefficient (Wildman–Crippen LogP) is 6.21. The summed E-state index contributed by atoms with van der Waals surface area (Å²) in [5.74, 6) is 4.12. The van der Waals surface area contributed by atoms with Crippen molar-refractivity contribution in [3.63, 3.8) is 0 Å². The molecule has 2 heterocycles. The first-order valence-corrected chi connectivity index (χ1v) is 11.8. The minimum atomic E-state index is -0.159. The average molecular weight is 433 g/mol. The first kappa shape index (κ1) is 22.6. The third-order valence-corrected chi connectivity index (χ3v) is 6.01. The van der Waals surface area contributed by atoms with Gasteiger partial charge in [0.2, 0.25) is 0 Å². The average Bonchev–Trinajstić information content (AvgIpc) is 3.15. The number of aryl methyl sites for hydroxylation is 1. The van der Waals surface area contributed by atoms with Gasteiger partial charge in [-0.2, -0.15) is 5.10 Å². The van der Waals surface area contributed by atoms with E-state index in [2.05, 4.69) is 70.5 Å². The van der Waals surface area contributed by atoms with Crippen molar-refractivity contribution in [1.82, 2.24) is 29.7 Å². The summed E-state index contributed by atoms with van der Waals surface area (Å²) in [4.78, 5) is 19.4. The first-order valence-electron chi connectivity index (χ1n) is 11.8. The van der Waals surface area contributed by atoms with Gasteiger partial charge in [0.1, 0.15) is 17.5 Å². The molecule has 4 rings (SSSR count). The highest BCUT2D eigenvalue weighted by Gasteiger charge is 2.26. The van der Waals surface area contributed by atoms with Crippen molar-refractivity contribution in [3.8, 4) is 22.8 Å². The van der Waals surface area contributed by atoms with Gasteiger partial charge in [-0.15, -0.1) is 0 Å². The molecule has 1 saturated carbocycles. The molecule has 6 nitrogen and oxygen atoms in total. The monoisotopic (exact) mass is 432 g/mol. The molecule has 6 heteroatoms. The SMILES string of the molecule is Cc1nc(-c2cccc(-c3nc(C(C)(C)C)nc(C(C)(C)C)n3)c2)n(C2CCCCC2)n1. The molecule has 1 fully saturated rings. The predicted molar refractivity (Wildman–Crippen MR) is 129 cm³/mol. The van der Waals surface area contributed by atoms with Gasteiger partial charge in [-0.05, 0) is 25.8 Å². The van der Waals surface area contributed by atoms with E-state index in [0.29, 0.717) is 6.04 Å². The van der Waals surface area contributed by atoms with Crippen LogP contribution in [0.25, 0.3) is 22.8 Å². The van der Waals surface area contributed by atoms with Crippen molar-refractivity contribution < 1.29 is 0 Å². The van der Waals surface area contributed by atoms with Gasteiger partial charge in [0, 0.05) is 22.0 Å². The Hall–Kier alpha value is -2.63. The zero-order chi connectivity index (χ0) is 23.1. The van der Waals surface area contributed by atoms with Crippen LogP contribution in [0.2, 0.25) is 0 Å². The lowest BCUT2D eigenvalue weighted by molar-refractivity contribution is 0.331. The summed E-state index contributed by atoms with van der Waals surface area (Å²) >= 11 is 0. The zero-order valence-electron chi connectivity index (χ0n) is 20.6. The second kappa shape index (κ2) is 8.38. The van der Waals surface area contributed by atoms with Crippen molar-refractivity contribution >= 4 is 0 Å². The topological polar surface area (TPSA) is 69.4 Å². The number of hydrogen-bond acceptors (Lipinski definition) is 5. The van der Waals surface area contributed by atoms with E-state index >= 15 is 0 Å². The third-order valence-electron chi connectivity index (χ3n) is 6.01. The van der Waals surface area contributed by atoms with E-state index in [0.717, 1.165) is 40.2 Å². The van der Waals surface area contributed by atoms with Crippen LogP contribution in [0, 0.1) is 6.92 Å². The maximum atomic E-state index is 4.88. The molecule has 3 aromatic rings. The van der Waals surface area contributed by atoms with Crippen LogP contribution >= 0.6 is 0 Å². The van der Waals surface area contributed by atoms with Gasteiger partial charge in [0.25, 0.3) is 0 Å². The minimum absolute atomic E-state index is 0.159. The summed E-state index contributed by atoms with van der Waals surface area (Å²) in [5, 5.41) is 4.77. The van der Waals surface area contributed by atoms with Gasteiger partial charge in [-0.25, -0.2) is 24.6 Å². The highest BCUT2D eigenvalue weighted by molar-refractivity contribution is 5.66. The van der Waals surface area contributed by atoms with Crippen LogP contribution in [0.15, 0.2) is 24.3 Å². The molecule has 32 heavy (non-hydrogen) atoms. The van der Waals surface area contributed by atoms with Crippen LogP contribution in [0.1, 0.15) is 97.2 Å². The molecule has 0 radical (unpaired) electrons. The minimum Gasteiger partial charge on any atom is -0.242 e. The largest absolute Gasteiger partial charge is 0.242 e. The fourth-order valence-electron chi connectivity index (χ4n) is 4.18. The van der Waals surface area contributed by atoms with E-state index in [1.165, 1.54) is 32.1 Å². The van der Waals surface area contributed by atoms with Crippen LogP contribution in [0.5, 0.6) is 0 Å². The maximum Gasteiger partial charge on any atom is 0.163 e. The smallest absolute Gasteiger partial charge is 0.163 e. The molecular weight excluding hydrogens is 396 g/mol. The highest BCUT2D eigenvalue weighted by Crippen LogP contribution is 2.33. The fraction of sp³-hybridized carbons (Fsp3) is 0.577. The maximum absolute atomic E-state index is 4.88. The summed E-state index contributed by atoms with van der Waals surface area (Å²) < 4.78 is 2.15. The molecule has 0 aliphatic heterocycles. The Morgan fingerprint density at radius 3 is 1.97 bits per heavy atom. The molecular formula is C26H36N6. The number of aromatic nitrogens is 6. The van der Waals surface area contributed by atoms with E-state index in [9.17, 15) is 0 Å². The van der Waals surface area contributed by atoms with Crippen LogP contribution in [-0.2, 0) is 10.8 Å². The van der Waals surface area contributed by atoms with E-state index in [1.807, 2.05) is 6.92 Å². The summed E-state index contributed by atoms with van der Waals surface area (Å²) in [6, 6.07) is 8.84. The number of benzene rings is 1. The van der Waals surface area contributed by atoms with E-state index < -0.39 is 0 Å². The summed E-state index contributed by atoms with van der Waals surface area (Å²) in [5.41, 5.74) is 1.72. The Kier molecular flexibility index (Phi) is 5.91. The quantitative estimate of drug-likeness (QED) is 0.492. The van der Waals surface area contributed by atoms with Crippen molar-refractivity contribution in [2.24, 2.45) is 0 Å². The van der Waals surface area contributed by atoms with Crippen molar-refractivity contribution in [3.05, 3.63) is 41.7 Å². The van der Waals surface area contributed by atoms with Gasteiger partial charge < -0.3 is 0 Å². The standard InChI is InChI=1S/C26H36N6/c1-17-27-22(32(31-17)20-14-9-8-10-15-20)19-13-11-12-18(16-19)21-28-23(25(2,3)4)30-24(29-21)26(5,6)7/h11-13,16,20H,8-10,14-15H2,1-7H3. The van der Waals surface area contributed by atoms with Gasteiger partial charge >= 0.3 is 0 Å². The van der Waals surface area contributed by atoms with Gasteiger partial charge in [-0.1, -0.05) is 79.0 Å². The molecule has 1 aliphatic carbocycles. The Bertz CT molecular complexity index is 1060. The fourth-order valence-corrected chi connectivity index (χ4v) is 4.18. The lowest BCUT2D eigenvalue weighted by atomic mass is 9.93. The molecule has 0 saturated heterocycles. The Morgan fingerprint density at radius 1 is 0.781 bits per heavy atom. The van der Waals surface area contributed by atoms with Crippen LogP contribution in [0.4, 0.5) is 0 Å². The van der Waals surface area contributed by atoms with Crippen LogP contribution in [-0.4, -0.2) is 29.7 Å². The molecule has 0 spiro atoms. The van der Waals surface area contributed by atoms with E-state index in [-0.39, 0.29) is 10.8 Å². The van der Waals surface area contributed by atoms with Gasteiger partial charge in [0.05, 0.1) is 6.04 Å². The zero-order valence-corrected chi connectivity index (χ0v) is 20.6. The molecule has 0 unspecified atom stereocenters. The first-order chi connectivity index (χ1) is 15.0. The Labute approximate surface area is 191 Å². The van der Waals surface area contributed by atoms with Crippen molar-refractivity contribution in [1.29, 1.82) is 0 Å². The molecule has 0 amide bonds. The molecule has 2 aromatic heterocycles. The number of nitrogens with zero attached hydrogens (tertiary/aromatic N) is 6. The molecule has 1 aromatic carbocycles. The van der Waals surface area contributed by atoms with Gasteiger partial charge in [-0.3, -0.25) is 0 Å². The van der Waals surface area contributed by atoms with Crippen LogP contribution in [0.3, 0.4) is 0 Å². The highest BCUT2D eigenvalue weighted by atomic mass is 15.4. The number of rotatable bonds is 3. The Balaban J connectivity index is 1.80. The van der Waals surface area contributed by atoms with Crippen molar-refractivity contribution in [2.45, 2.75) is 97.4 Å². The summed E-state index contributed by atoms with van der Waals surface area (Å²) in [6.45, 7) is 14.8. The summed E-state index contributed by atoms with van der Waals surface area (Å²) in [7, 11) is 0. The Morgan fingerprint density at radius 2 is 1.38 bits per heavy atom. The molecule has 0 atom stereocenters. The molecule has 0 bridgehead atoms. The molecule has 1 aliphatic rings. The van der Waals surface area contributed by atoms with Crippen molar-refractivity contribution in [2.75, 3.05) is 0 Å². The lowest BCUT2D eigenvalue weighted by Crippen LogP contribution is -2.24. The third kappa shape index (κ3) is 4.74.